The first-order valence-corrected chi connectivity index (χ1v) is 10.7. The van der Waals surface area contributed by atoms with Crippen molar-refractivity contribution in [2.75, 3.05) is 7.11 Å². The zero-order valence-corrected chi connectivity index (χ0v) is 18.2. The maximum atomic E-state index is 13.6. The molecule has 2 heterocycles. The molecule has 0 bridgehead atoms. The molecular formula is C23H20FN3O4S. The van der Waals surface area contributed by atoms with Crippen LogP contribution in [-0.4, -0.2) is 22.2 Å². The lowest BCUT2D eigenvalue weighted by molar-refractivity contribution is -0.121. The largest absolute Gasteiger partial charge is 0.497 e. The molecular weight excluding hydrogens is 433 g/mol. The van der Waals surface area contributed by atoms with E-state index in [1.165, 1.54) is 34.1 Å². The number of hydrogen-bond donors (Lipinski definition) is 1. The Hall–Kier alpha value is -3.72. The molecule has 0 fully saturated rings. The van der Waals surface area contributed by atoms with Gasteiger partial charge in [0.25, 0.3) is 5.56 Å². The fourth-order valence-electron chi connectivity index (χ4n) is 3.50. The van der Waals surface area contributed by atoms with Gasteiger partial charge in [0, 0.05) is 6.54 Å². The Morgan fingerprint density at radius 3 is 2.72 bits per heavy atom. The smallest absolute Gasteiger partial charge is 0.336 e. The van der Waals surface area contributed by atoms with Gasteiger partial charge in [-0.15, -0.1) is 11.3 Å². The number of aryl methyl sites for hydroxylation is 1. The van der Waals surface area contributed by atoms with Crippen molar-refractivity contribution < 1.29 is 13.9 Å². The number of nitrogens with one attached hydrogen (secondary N) is 1. The summed E-state index contributed by atoms with van der Waals surface area (Å²) in [5.74, 6) is -0.174. The molecule has 4 aromatic rings. The van der Waals surface area contributed by atoms with Gasteiger partial charge in [0.15, 0.2) is 0 Å². The number of halogens is 1. The molecule has 7 nitrogen and oxygen atoms in total. The van der Waals surface area contributed by atoms with E-state index in [0.717, 1.165) is 10.1 Å². The number of thiophene rings is 1. The van der Waals surface area contributed by atoms with Crippen molar-refractivity contribution in [3.63, 3.8) is 0 Å². The maximum absolute atomic E-state index is 13.6. The van der Waals surface area contributed by atoms with Crippen LogP contribution in [0.5, 0.6) is 5.75 Å². The predicted octanol–water partition coefficient (Wildman–Crippen LogP) is 2.99. The average Bonchev–Trinajstić information content (AvgIpc) is 3.27. The van der Waals surface area contributed by atoms with E-state index in [1.807, 2.05) is 12.1 Å². The fourth-order valence-corrected chi connectivity index (χ4v) is 4.33. The van der Waals surface area contributed by atoms with Crippen molar-refractivity contribution in [1.82, 2.24) is 14.5 Å². The van der Waals surface area contributed by atoms with Gasteiger partial charge in [-0.1, -0.05) is 12.1 Å². The highest BCUT2D eigenvalue weighted by atomic mass is 32.1. The number of carbonyl (C=O) groups excluding carboxylic acids is 1. The van der Waals surface area contributed by atoms with E-state index in [9.17, 15) is 18.8 Å². The molecule has 1 amide bonds. The molecule has 0 aliphatic heterocycles. The lowest BCUT2D eigenvalue weighted by Gasteiger charge is -2.14. The van der Waals surface area contributed by atoms with Gasteiger partial charge in [0.2, 0.25) is 5.91 Å². The SMILES string of the molecule is COc1cccc(CNC(=O)Cn2c(=O)n(-c3ccc(F)cc3C)c(=O)c3sccc32)c1. The summed E-state index contributed by atoms with van der Waals surface area (Å²) < 4.78 is 21.3. The average molecular weight is 453 g/mol. The van der Waals surface area contributed by atoms with Crippen LogP contribution in [0, 0.1) is 12.7 Å². The molecule has 2 aromatic carbocycles. The Bertz CT molecular complexity index is 1440. The van der Waals surface area contributed by atoms with Gasteiger partial charge in [-0.25, -0.2) is 13.8 Å². The van der Waals surface area contributed by atoms with Gasteiger partial charge in [-0.2, -0.15) is 0 Å². The van der Waals surface area contributed by atoms with Crippen LogP contribution in [-0.2, 0) is 17.9 Å². The second kappa shape index (κ2) is 8.80. The summed E-state index contributed by atoms with van der Waals surface area (Å²) in [5, 5.41) is 4.48. The lowest BCUT2D eigenvalue weighted by atomic mass is 10.2. The minimum absolute atomic E-state index is 0.258. The van der Waals surface area contributed by atoms with E-state index in [0.29, 0.717) is 21.5 Å². The number of benzene rings is 2. The molecule has 9 heteroatoms. The van der Waals surface area contributed by atoms with Gasteiger partial charge in [0.1, 0.15) is 22.8 Å². The van der Waals surface area contributed by atoms with Crippen LogP contribution in [0.1, 0.15) is 11.1 Å². The van der Waals surface area contributed by atoms with E-state index in [1.54, 1.807) is 37.6 Å². The summed E-state index contributed by atoms with van der Waals surface area (Å²) in [6, 6.07) is 12.8. The lowest BCUT2D eigenvalue weighted by Crippen LogP contribution is -2.41. The monoisotopic (exact) mass is 453 g/mol. The van der Waals surface area contributed by atoms with Crippen molar-refractivity contribution in [2.24, 2.45) is 0 Å². The molecule has 1 N–H and O–H groups in total. The van der Waals surface area contributed by atoms with Gasteiger partial charge < -0.3 is 10.1 Å². The Morgan fingerprint density at radius 1 is 1.16 bits per heavy atom. The number of fused-ring (bicyclic) bond motifs is 1. The van der Waals surface area contributed by atoms with E-state index < -0.39 is 17.1 Å². The van der Waals surface area contributed by atoms with Crippen molar-refractivity contribution >= 4 is 27.5 Å². The van der Waals surface area contributed by atoms with Crippen LogP contribution in [0.3, 0.4) is 0 Å². The van der Waals surface area contributed by atoms with Crippen LogP contribution in [0.4, 0.5) is 4.39 Å². The second-order valence-electron chi connectivity index (χ2n) is 7.20. The van der Waals surface area contributed by atoms with Crippen LogP contribution in [0.25, 0.3) is 15.9 Å². The molecule has 0 saturated heterocycles. The molecule has 0 aliphatic carbocycles. The quantitative estimate of drug-likeness (QED) is 0.487. The number of nitrogens with zero attached hydrogens (tertiary/aromatic N) is 2. The fraction of sp³-hybridized carbons (Fsp3) is 0.174. The van der Waals surface area contributed by atoms with Crippen LogP contribution in [0.2, 0.25) is 0 Å². The minimum Gasteiger partial charge on any atom is -0.497 e. The molecule has 0 radical (unpaired) electrons. The Balaban J connectivity index is 1.69. The van der Waals surface area contributed by atoms with E-state index in [2.05, 4.69) is 5.32 Å². The normalized spacial score (nSPS) is 11.0. The Labute approximate surface area is 186 Å². The van der Waals surface area contributed by atoms with Gasteiger partial charge in [-0.3, -0.25) is 14.2 Å². The summed E-state index contributed by atoms with van der Waals surface area (Å²) >= 11 is 1.18. The molecule has 0 spiro atoms. The molecule has 0 saturated carbocycles. The number of hydrogen-bond acceptors (Lipinski definition) is 5. The van der Waals surface area contributed by atoms with Gasteiger partial charge >= 0.3 is 5.69 Å². The van der Waals surface area contributed by atoms with Crippen molar-refractivity contribution in [3.8, 4) is 11.4 Å². The first-order chi connectivity index (χ1) is 15.4. The molecule has 0 unspecified atom stereocenters. The number of amides is 1. The minimum atomic E-state index is -0.660. The standard InChI is InChI=1S/C23H20FN3O4S/c1-14-10-16(24)6-7-18(14)27-22(29)21-19(8-9-32-21)26(23(27)30)13-20(28)25-12-15-4-3-5-17(11-15)31-2/h3-11H,12-13H2,1-2H3,(H,25,28). The van der Waals surface area contributed by atoms with E-state index >= 15 is 0 Å². The first-order valence-electron chi connectivity index (χ1n) is 9.78. The number of methoxy groups -OCH3 is 1. The zero-order chi connectivity index (χ0) is 22.8. The summed E-state index contributed by atoms with van der Waals surface area (Å²) in [5.41, 5.74) is 0.793. The summed E-state index contributed by atoms with van der Waals surface area (Å²) in [6.07, 6.45) is 0. The first kappa shape index (κ1) is 21.5. The Morgan fingerprint density at radius 2 is 1.97 bits per heavy atom. The van der Waals surface area contributed by atoms with Crippen molar-refractivity contribution in [1.29, 1.82) is 0 Å². The topological polar surface area (TPSA) is 82.3 Å². The second-order valence-corrected chi connectivity index (χ2v) is 8.12. The summed E-state index contributed by atoms with van der Waals surface area (Å²) in [6.45, 7) is 1.61. The summed E-state index contributed by atoms with van der Waals surface area (Å²) in [7, 11) is 1.56. The molecule has 164 valence electrons. The summed E-state index contributed by atoms with van der Waals surface area (Å²) in [4.78, 5) is 39.0. The third-order valence-corrected chi connectivity index (χ3v) is 5.97. The number of ether oxygens (including phenoxy) is 1. The van der Waals surface area contributed by atoms with E-state index in [-0.39, 0.29) is 24.7 Å². The molecule has 4 rings (SSSR count). The molecule has 0 aliphatic rings. The molecule has 2 aromatic heterocycles. The highest BCUT2D eigenvalue weighted by Gasteiger charge is 2.18. The van der Waals surface area contributed by atoms with Gasteiger partial charge in [-0.05, 0) is 59.8 Å². The van der Waals surface area contributed by atoms with Crippen LogP contribution in [0.15, 0.2) is 63.5 Å². The highest BCUT2D eigenvalue weighted by molar-refractivity contribution is 7.17. The molecule has 32 heavy (non-hydrogen) atoms. The maximum Gasteiger partial charge on any atom is 0.336 e. The highest BCUT2D eigenvalue weighted by Crippen LogP contribution is 2.18. The zero-order valence-electron chi connectivity index (χ0n) is 17.4. The van der Waals surface area contributed by atoms with Crippen molar-refractivity contribution in [3.05, 3.63) is 91.7 Å². The number of rotatable bonds is 6. The number of carbonyl (C=O) groups is 1. The Kier molecular flexibility index (Phi) is 5.91. The molecule has 0 atom stereocenters. The number of aromatic nitrogens is 2. The van der Waals surface area contributed by atoms with Crippen LogP contribution < -0.4 is 21.3 Å². The predicted molar refractivity (Wildman–Crippen MR) is 121 cm³/mol. The third-order valence-electron chi connectivity index (χ3n) is 5.08. The van der Waals surface area contributed by atoms with Crippen LogP contribution >= 0.6 is 11.3 Å². The third kappa shape index (κ3) is 4.06. The van der Waals surface area contributed by atoms with E-state index in [4.69, 9.17) is 4.74 Å². The van der Waals surface area contributed by atoms with Crippen molar-refractivity contribution in [2.45, 2.75) is 20.0 Å². The van der Waals surface area contributed by atoms with Gasteiger partial charge in [0.05, 0.1) is 18.3 Å².